The van der Waals surface area contributed by atoms with Gasteiger partial charge < -0.3 is 5.32 Å². The van der Waals surface area contributed by atoms with E-state index in [-0.39, 0.29) is 10.0 Å². The lowest BCUT2D eigenvalue weighted by Gasteiger charge is -2.03. The third-order valence-electron chi connectivity index (χ3n) is 2.10. The molecule has 0 fully saturated rings. The molecule has 1 aromatic carbocycles. The summed E-state index contributed by atoms with van der Waals surface area (Å²) >= 11 is 6.58. The van der Waals surface area contributed by atoms with Gasteiger partial charge in [-0.05, 0) is 29.0 Å². The van der Waals surface area contributed by atoms with E-state index in [0.717, 1.165) is 16.9 Å². The van der Waals surface area contributed by atoms with Crippen molar-refractivity contribution in [3.05, 3.63) is 50.9 Å². The zero-order chi connectivity index (χ0) is 13.1. The van der Waals surface area contributed by atoms with Gasteiger partial charge in [-0.15, -0.1) is 0 Å². The maximum absolute atomic E-state index is 12.9. The van der Waals surface area contributed by atoms with E-state index in [4.69, 9.17) is 11.6 Å². The average Bonchev–Trinajstić information content (AvgIpc) is 2.79. The highest BCUT2D eigenvalue weighted by molar-refractivity contribution is 7.18. The van der Waals surface area contributed by atoms with Crippen LogP contribution in [-0.2, 0) is 6.54 Å². The first-order chi connectivity index (χ1) is 8.56. The minimum atomic E-state index is -0.502. The molecular formula is C10H7ClFN3O2S. The van der Waals surface area contributed by atoms with Gasteiger partial charge in [0.2, 0.25) is 0 Å². The molecule has 0 aliphatic heterocycles. The van der Waals surface area contributed by atoms with Crippen LogP contribution in [0.4, 0.5) is 14.5 Å². The molecule has 5 nitrogen and oxygen atoms in total. The zero-order valence-corrected chi connectivity index (χ0v) is 10.5. The lowest BCUT2D eigenvalue weighted by atomic mass is 10.2. The minimum Gasteiger partial charge on any atom is -0.357 e. The molecule has 2 aromatic rings. The van der Waals surface area contributed by atoms with Crippen LogP contribution in [0, 0.1) is 15.9 Å². The number of thiazole rings is 1. The first-order valence-electron chi connectivity index (χ1n) is 4.84. The molecule has 0 spiro atoms. The molecule has 1 aromatic heterocycles. The Balaban J connectivity index is 2.02. The number of nitrogens with one attached hydrogen (secondary N) is 1. The predicted molar refractivity (Wildman–Crippen MR) is 67.5 cm³/mol. The van der Waals surface area contributed by atoms with Crippen molar-refractivity contribution in [2.75, 3.05) is 5.32 Å². The highest BCUT2D eigenvalue weighted by atomic mass is 35.5. The van der Waals surface area contributed by atoms with Crippen LogP contribution in [0.1, 0.15) is 5.56 Å². The largest absolute Gasteiger partial charge is 0.357 e. The lowest BCUT2D eigenvalue weighted by Crippen LogP contribution is -1.98. The number of anilines is 1. The van der Waals surface area contributed by atoms with Crippen LogP contribution in [0.2, 0.25) is 5.02 Å². The molecule has 2 rings (SSSR count). The van der Waals surface area contributed by atoms with Crippen LogP contribution in [0.5, 0.6) is 0 Å². The Bertz CT molecular complexity index is 590. The van der Waals surface area contributed by atoms with Crippen molar-refractivity contribution < 1.29 is 9.31 Å². The van der Waals surface area contributed by atoms with Gasteiger partial charge in [-0.1, -0.05) is 17.7 Å². The van der Waals surface area contributed by atoms with E-state index in [2.05, 4.69) is 10.3 Å². The second-order valence-corrected chi connectivity index (χ2v) is 4.78. The highest BCUT2D eigenvalue weighted by Crippen LogP contribution is 2.25. The Kier molecular flexibility index (Phi) is 3.73. The average molecular weight is 288 g/mol. The van der Waals surface area contributed by atoms with E-state index in [1.54, 1.807) is 6.07 Å². The standard InChI is InChI=1S/C10H7ClFN3O2S/c11-7-3-6(1-2-8(7)12)4-13-10-14-5-9(18-10)15(16)17/h1-3,5H,4H2,(H,13,14). The summed E-state index contributed by atoms with van der Waals surface area (Å²) in [5.74, 6) is -0.481. The Morgan fingerprint density at radius 3 is 2.94 bits per heavy atom. The maximum atomic E-state index is 12.9. The van der Waals surface area contributed by atoms with Crippen molar-refractivity contribution in [1.29, 1.82) is 0 Å². The van der Waals surface area contributed by atoms with Gasteiger partial charge in [0.25, 0.3) is 0 Å². The molecular weight excluding hydrogens is 281 g/mol. The van der Waals surface area contributed by atoms with Gasteiger partial charge in [0.05, 0.1) is 9.95 Å². The van der Waals surface area contributed by atoms with Gasteiger partial charge in [0.1, 0.15) is 12.0 Å². The van der Waals surface area contributed by atoms with Gasteiger partial charge in [-0.2, -0.15) is 0 Å². The highest BCUT2D eigenvalue weighted by Gasteiger charge is 2.11. The summed E-state index contributed by atoms with van der Waals surface area (Å²) in [6.07, 6.45) is 1.19. The molecule has 0 radical (unpaired) electrons. The van der Waals surface area contributed by atoms with E-state index in [1.165, 1.54) is 18.3 Å². The maximum Gasteiger partial charge on any atom is 0.345 e. The molecule has 94 valence electrons. The summed E-state index contributed by atoms with van der Waals surface area (Å²) in [4.78, 5) is 13.8. The summed E-state index contributed by atoms with van der Waals surface area (Å²) in [6, 6.07) is 4.34. The molecule has 0 saturated heterocycles. The number of aromatic nitrogens is 1. The normalized spacial score (nSPS) is 10.3. The van der Waals surface area contributed by atoms with Crippen LogP contribution in [0.3, 0.4) is 0 Å². The molecule has 0 aliphatic carbocycles. The van der Waals surface area contributed by atoms with Gasteiger partial charge >= 0.3 is 5.00 Å². The van der Waals surface area contributed by atoms with Gasteiger partial charge in [-0.25, -0.2) is 9.37 Å². The van der Waals surface area contributed by atoms with Crippen molar-refractivity contribution in [3.8, 4) is 0 Å². The van der Waals surface area contributed by atoms with Crippen LogP contribution < -0.4 is 5.32 Å². The summed E-state index contributed by atoms with van der Waals surface area (Å²) < 4.78 is 12.9. The lowest BCUT2D eigenvalue weighted by molar-refractivity contribution is -0.380. The monoisotopic (exact) mass is 287 g/mol. The predicted octanol–water partition coefficient (Wildman–Crippen LogP) is 3.46. The second-order valence-electron chi connectivity index (χ2n) is 3.36. The minimum absolute atomic E-state index is 0.0327. The molecule has 0 aliphatic rings. The Morgan fingerprint density at radius 2 is 2.33 bits per heavy atom. The summed E-state index contributed by atoms with van der Waals surface area (Å²) in [7, 11) is 0. The fourth-order valence-electron chi connectivity index (χ4n) is 1.26. The van der Waals surface area contributed by atoms with E-state index in [0.29, 0.717) is 11.7 Å². The van der Waals surface area contributed by atoms with Crippen LogP contribution in [0.15, 0.2) is 24.4 Å². The summed E-state index contributed by atoms with van der Waals surface area (Å²) in [5.41, 5.74) is 0.763. The number of nitrogens with zero attached hydrogens (tertiary/aromatic N) is 2. The zero-order valence-electron chi connectivity index (χ0n) is 8.89. The van der Waals surface area contributed by atoms with Gasteiger partial charge in [-0.3, -0.25) is 10.1 Å². The molecule has 18 heavy (non-hydrogen) atoms. The first-order valence-corrected chi connectivity index (χ1v) is 6.04. The van der Waals surface area contributed by atoms with Crippen LogP contribution in [-0.4, -0.2) is 9.91 Å². The molecule has 1 heterocycles. The molecule has 0 amide bonds. The molecule has 0 unspecified atom stereocenters. The topological polar surface area (TPSA) is 68.1 Å². The van der Waals surface area contributed by atoms with Crippen molar-refractivity contribution in [2.45, 2.75) is 6.54 Å². The molecule has 0 atom stereocenters. The molecule has 8 heteroatoms. The van der Waals surface area contributed by atoms with Crippen molar-refractivity contribution in [1.82, 2.24) is 4.98 Å². The number of hydrogen-bond acceptors (Lipinski definition) is 5. The number of halogens is 2. The van der Waals surface area contributed by atoms with E-state index in [9.17, 15) is 14.5 Å². The second kappa shape index (κ2) is 5.28. The van der Waals surface area contributed by atoms with Gasteiger partial charge in [0.15, 0.2) is 5.13 Å². The Morgan fingerprint density at radius 1 is 1.56 bits per heavy atom. The number of rotatable bonds is 4. The first kappa shape index (κ1) is 12.7. The SMILES string of the molecule is O=[N+]([O-])c1cnc(NCc2ccc(F)c(Cl)c2)s1. The Hall–Kier alpha value is -1.73. The van der Waals surface area contributed by atoms with Crippen LogP contribution in [0.25, 0.3) is 0 Å². The summed E-state index contributed by atoms with van der Waals surface area (Å²) in [6.45, 7) is 0.366. The van der Waals surface area contributed by atoms with Crippen molar-refractivity contribution in [3.63, 3.8) is 0 Å². The molecule has 0 saturated carbocycles. The summed E-state index contributed by atoms with van der Waals surface area (Å²) in [5, 5.41) is 13.8. The van der Waals surface area contributed by atoms with E-state index < -0.39 is 10.7 Å². The smallest absolute Gasteiger partial charge is 0.345 e. The fourth-order valence-corrected chi connectivity index (χ4v) is 2.09. The molecule has 1 N–H and O–H groups in total. The Labute approximate surface area is 110 Å². The van der Waals surface area contributed by atoms with Crippen molar-refractivity contribution >= 4 is 33.1 Å². The van der Waals surface area contributed by atoms with Crippen LogP contribution >= 0.6 is 22.9 Å². The third-order valence-corrected chi connectivity index (χ3v) is 3.30. The number of nitro groups is 1. The quantitative estimate of drug-likeness (QED) is 0.691. The number of hydrogen-bond donors (Lipinski definition) is 1. The number of benzene rings is 1. The van der Waals surface area contributed by atoms with Crippen molar-refractivity contribution in [2.24, 2.45) is 0 Å². The van der Waals surface area contributed by atoms with E-state index in [1.807, 2.05) is 0 Å². The van der Waals surface area contributed by atoms with E-state index >= 15 is 0 Å². The molecule has 0 bridgehead atoms. The fraction of sp³-hybridized carbons (Fsp3) is 0.100. The van der Waals surface area contributed by atoms with Gasteiger partial charge in [0, 0.05) is 6.54 Å². The third kappa shape index (κ3) is 2.93.